The fraction of sp³-hybridized carbons (Fsp3) is 0.500. The van der Waals surface area contributed by atoms with Crippen LogP contribution in [0.3, 0.4) is 0 Å². The summed E-state index contributed by atoms with van der Waals surface area (Å²) >= 11 is 0. The van der Waals surface area contributed by atoms with E-state index < -0.39 is 0 Å². The summed E-state index contributed by atoms with van der Waals surface area (Å²) in [7, 11) is 0. The summed E-state index contributed by atoms with van der Waals surface area (Å²) in [6, 6.07) is 12.5. The van der Waals surface area contributed by atoms with Crippen LogP contribution in [0.5, 0.6) is 0 Å². The van der Waals surface area contributed by atoms with E-state index >= 15 is 0 Å². The van der Waals surface area contributed by atoms with E-state index in [1.54, 1.807) is 6.20 Å². The second-order valence-electron chi connectivity index (χ2n) is 7.22. The molecule has 1 amide bonds. The van der Waals surface area contributed by atoms with Crippen LogP contribution in [0.4, 0.5) is 0 Å². The maximum Gasteiger partial charge on any atom is 0.226 e. The second kappa shape index (κ2) is 7.00. The van der Waals surface area contributed by atoms with E-state index in [0.29, 0.717) is 19.1 Å². The Kier molecular flexibility index (Phi) is 4.57. The average molecular weight is 339 g/mol. The van der Waals surface area contributed by atoms with Crippen LogP contribution in [0.15, 0.2) is 42.6 Å². The summed E-state index contributed by atoms with van der Waals surface area (Å²) in [5, 5.41) is 7.65. The predicted octanol–water partition coefficient (Wildman–Crippen LogP) is 2.92. The standard InChI is InChI=1S/C20H25N3O2/c1-14(16-7-8-16)22-20(24)17-10-12-25-19(17)18-9-11-21-23(18)13-15-5-3-2-4-6-15/h2-6,9,11,14,16-17,19H,7-8,10,12-13H2,1H3,(H,22,24)/t14-,17-,19-/m0/s1. The van der Waals surface area contributed by atoms with E-state index in [2.05, 4.69) is 29.5 Å². The number of aromatic nitrogens is 2. The molecule has 0 bridgehead atoms. The van der Waals surface area contributed by atoms with Crippen LogP contribution in [-0.2, 0) is 16.1 Å². The van der Waals surface area contributed by atoms with E-state index in [4.69, 9.17) is 4.74 Å². The van der Waals surface area contributed by atoms with Gasteiger partial charge in [-0.05, 0) is 43.7 Å². The molecule has 0 unspecified atom stereocenters. The fourth-order valence-corrected chi connectivity index (χ4v) is 3.67. The minimum Gasteiger partial charge on any atom is -0.371 e. The summed E-state index contributed by atoms with van der Waals surface area (Å²) in [4.78, 5) is 12.7. The molecule has 2 fully saturated rings. The largest absolute Gasteiger partial charge is 0.371 e. The molecule has 2 aromatic rings. The Morgan fingerprint density at radius 1 is 1.28 bits per heavy atom. The minimum absolute atomic E-state index is 0.120. The van der Waals surface area contributed by atoms with Gasteiger partial charge >= 0.3 is 0 Å². The maximum atomic E-state index is 12.7. The molecule has 132 valence electrons. The molecule has 1 N–H and O–H groups in total. The lowest BCUT2D eigenvalue weighted by molar-refractivity contribution is -0.127. The molecule has 1 saturated heterocycles. The summed E-state index contributed by atoms with van der Waals surface area (Å²) in [6.45, 7) is 3.42. The van der Waals surface area contributed by atoms with Gasteiger partial charge < -0.3 is 10.1 Å². The van der Waals surface area contributed by atoms with Crippen molar-refractivity contribution in [3.05, 3.63) is 53.9 Å². The third kappa shape index (κ3) is 3.61. The van der Waals surface area contributed by atoms with Crippen molar-refractivity contribution in [3.8, 4) is 0 Å². The van der Waals surface area contributed by atoms with E-state index in [0.717, 1.165) is 12.1 Å². The van der Waals surface area contributed by atoms with Gasteiger partial charge in [-0.3, -0.25) is 9.48 Å². The van der Waals surface area contributed by atoms with Crippen molar-refractivity contribution in [2.45, 2.75) is 44.9 Å². The third-order valence-electron chi connectivity index (χ3n) is 5.34. The molecule has 1 aromatic heterocycles. The first-order chi connectivity index (χ1) is 12.2. The smallest absolute Gasteiger partial charge is 0.226 e. The summed E-state index contributed by atoms with van der Waals surface area (Å²) in [6.07, 6.45) is 4.82. The second-order valence-corrected chi connectivity index (χ2v) is 7.22. The normalized spacial score (nSPS) is 24.2. The lowest BCUT2D eigenvalue weighted by Crippen LogP contribution is -2.39. The number of ether oxygens (including phenoxy) is 1. The molecule has 0 radical (unpaired) electrons. The van der Waals surface area contributed by atoms with E-state index in [9.17, 15) is 4.79 Å². The fourth-order valence-electron chi connectivity index (χ4n) is 3.67. The van der Waals surface area contributed by atoms with Crippen LogP contribution in [0.2, 0.25) is 0 Å². The van der Waals surface area contributed by atoms with Crippen LogP contribution < -0.4 is 5.32 Å². The zero-order valence-corrected chi connectivity index (χ0v) is 14.6. The predicted molar refractivity (Wildman–Crippen MR) is 94.9 cm³/mol. The maximum absolute atomic E-state index is 12.7. The van der Waals surface area contributed by atoms with Gasteiger partial charge in [0.2, 0.25) is 5.91 Å². The van der Waals surface area contributed by atoms with Crippen LogP contribution in [0.25, 0.3) is 0 Å². The van der Waals surface area contributed by atoms with Crippen LogP contribution >= 0.6 is 0 Å². The van der Waals surface area contributed by atoms with Crippen molar-refractivity contribution in [2.24, 2.45) is 11.8 Å². The molecule has 1 aliphatic heterocycles. The molecule has 2 aliphatic rings. The van der Waals surface area contributed by atoms with Crippen LogP contribution in [0.1, 0.15) is 43.5 Å². The Balaban J connectivity index is 1.48. The molecule has 2 heterocycles. The summed E-state index contributed by atoms with van der Waals surface area (Å²) in [5.41, 5.74) is 2.18. The zero-order valence-electron chi connectivity index (χ0n) is 14.6. The average Bonchev–Trinajstić information content (AvgIpc) is 3.19. The Hall–Kier alpha value is -2.14. The van der Waals surface area contributed by atoms with Crippen molar-refractivity contribution in [3.63, 3.8) is 0 Å². The lowest BCUT2D eigenvalue weighted by Gasteiger charge is -2.22. The first-order valence-corrected chi connectivity index (χ1v) is 9.20. The first kappa shape index (κ1) is 16.3. The van der Waals surface area contributed by atoms with Crippen molar-refractivity contribution in [1.82, 2.24) is 15.1 Å². The van der Waals surface area contributed by atoms with Gasteiger partial charge in [-0.25, -0.2) is 0 Å². The summed E-state index contributed by atoms with van der Waals surface area (Å²) in [5.74, 6) is 0.648. The zero-order chi connectivity index (χ0) is 17.2. The molecule has 5 heteroatoms. The lowest BCUT2D eigenvalue weighted by atomic mass is 9.97. The topological polar surface area (TPSA) is 56.1 Å². The van der Waals surface area contributed by atoms with Gasteiger partial charge in [0.25, 0.3) is 0 Å². The summed E-state index contributed by atoms with van der Waals surface area (Å²) < 4.78 is 7.90. The first-order valence-electron chi connectivity index (χ1n) is 9.20. The highest BCUT2D eigenvalue weighted by Crippen LogP contribution is 2.36. The van der Waals surface area contributed by atoms with Gasteiger partial charge in [0.05, 0.1) is 18.2 Å². The number of nitrogens with zero attached hydrogens (tertiary/aromatic N) is 2. The number of nitrogens with one attached hydrogen (secondary N) is 1. The number of benzene rings is 1. The van der Waals surface area contributed by atoms with Crippen LogP contribution in [-0.4, -0.2) is 28.3 Å². The highest BCUT2D eigenvalue weighted by molar-refractivity contribution is 5.80. The number of hydrogen-bond donors (Lipinski definition) is 1. The SMILES string of the molecule is C[C@H](NC(=O)[C@H]1CCO[C@@H]1c1ccnn1Cc1ccccc1)C1CC1. The molecule has 1 saturated carbocycles. The van der Waals surface area contributed by atoms with Crippen molar-refractivity contribution >= 4 is 5.91 Å². The Bertz CT molecular complexity index is 724. The minimum atomic E-state index is -0.211. The number of rotatable bonds is 6. The monoisotopic (exact) mass is 339 g/mol. The van der Waals surface area contributed by atoms with Crippen molar-refractivity contribution < 1.29 is 9.53 Å². The molecular formula is C20H25N3O2. The van der Waals surface area contributed by atoms with E-state index in [1.807, 2.05) is 28.9 Å². The number of carbonyl (C=O) groups is 1. The Morgan fingerprint density at radius 2 is 2.08 bits per heavy atom. The van der Waals surface area contributed by atoms with E-state index in [1.165, 1.54) is 18.4 Å². The molecule has 3 atom stereocenters. The molecule has 25 heavy (non-hydrogen) atoms. The molecule has 4 rings (SSSR count). The number of carbonyl (C=O) groups excluding carboxylic acids is 1. The molecule has 5 nitrogen and oxygen atoms in total. The number of hydrogen-bond acceptors (Lipinski definition) is 3. The third-order valence-corrected chi connectivity index (χ3v) is 5.34. The van der Waals surface area contributed by atoms with Gasteiger partial charge in [0, 0.05) is 18.8 Å². The highest BCUT2D eigenvalue weighted by atomic mass is 16.5. The molecule has 1 aromatic carbocycles. The number of amides is 1. The van der Waals surface area contributed by atoms with Gasteiger partial charge in [-0.15, -0.1) is 0 Å². The molecular weight excluding hydrogens is 314 g/mol. The quantitative estimate of drug-likeness (QED) is 0.880. The van der Waals surface area contributed by atoms with Crippen molar-refractivity contribution in [2.75, 3.05) is 6.61 Å². The van der Waals surface area contributed by atoms with E-state index in [-0.39, 0.29) is 24.0 Å². The highest BCUT2D eigenvalue weighted by Gasteiger charge is 2.39. The van der Waals surface area contributed by atoms with Gasteiger partial charge in [0.15, 0.2) is 0 Å². The van der Waals surface area contributed by atoms with Gasteiger partial charge in [-0.2, -0.15) is 5.10 Å². The van der Waals surface area contributed by atoms with Crippen LogP contribution in [0, 0.1) is 11.8 Å². The van der Waals surface area contributed by atoms with Gasteiger partial charge in [0.1, 0.15) is 6.10 Å². The Morgan fingerprint density at radius 3 is 2.84 bits per heavy atom. The molecule has 0 spiro atoms. The van der Waals surface area contributed by atoms with Crippen molar-refractivity contribution in [1.29, 1.82) is 0 Å². The Labute approximate surface area is 148 Å². The van der Waals surface area contributed by atoms with Gasteiger partial charge in [-0.1, -0.05) is 30.3 Å². The molecule has 1 aliphatic carbocycles.